The smallest absolute Gasteiger partial charge is 0.254 e. The van der Waals surface area contributed by atoms with Crippen molar-refractivity contribution in [1.82, 2.24) is 15.0 Å². The molecule has 0 saturated heterocycles. The predicted molar refractivity (Wildman–Crippen MR) is 109 cm³/mol. The molecule has 0 radical (unpaired) electrons. The van der Waals surface area contributed by atoms with E-state index in [9.17, 15) is 4.79 Å². The Morgan fingerprint density at radius 1 is 1.21 bits per heavy atom. The highest BCUT2D eigenvalue weighted by molar-refractivity contribution is 7.98. The summed E-state index contributed by atoms with van der Waals surface area (Å²) in [7, 11) is 1.91. The van der Waals surface area contributed by atoms with Gasteiger partial charge in [-0.15, -0.1) is 11.8 Å². The van der Waals surface area contributed by atoms with E-state index in [1.807, 2.05) is 36.2 Å². The molecule has 4 rings (SSSR count). The van der Waals surface area contributed by atoms with Crippen molar-refractivity contribution in [2.75, 3.05) is 7.05 Å². The van der Waals surface area contributed by atoms with Gasteiger partial charge in [-0.2, -0.15) is 4.98 Å². The second-order valence-corrected chi connectivity index (χ2v) is 8.12. The second-order valence-electron chi connectivity index (χ2n) is 7.07. The van der Waals surface area contributed by atoms with Gasteiger partial charge in [0.1, 0.15) is 0 Å². The first-order valence-corrected chi connectivity index (χ1v) is 10.5. The number of aromatic nitrogens is 2. The van der Waals surface area contributed by atoms with Crippen LogP contribution in [0.1, 0.15) is 52.1 Å². The molecule has 28 heavy (non-hydrogen) atoms. The van der Waals surface area contributed by atoms with E-state index in [-0.39, 0.29) is 11.9 Å². The number of carbonyl (C=O) groups excluding carboxylic acids is 1. The van der Waals surface area contributed by atoms with Gasteiger partial charge in [0, 0.05) is 17.5 Å². The molecule has 144 valence electrons. The Morgan fingerprint density at radius 3 is 2.75 bits per heavy atom. The Bertz CT molecular complexity index is 968. The number of nitrogens with zero attached hydrogens (tertiary/aromatic N) is 3. The van der Waals surface area contributed by atoms with Crippen LogP contribution < -0.4 is 0 Å². The molecule has 6 heteroatoms. The summed E-state index contributed by atoms with van der Waals surface area (Å²) in [6, 6.07) is 16.4. The van der Waals surface area contributed by atoms with Gasteiger partial charge in [-0.3, -0.25) is 4.79 Å². The second kappa shape index (κ2) is 8.19. The third-order valence-corrected chi connectivity index (χ3v) is 6.16. The van der Waals surface area contributed by atoms with E-state index >= 15 is 0 Å². The number of rotatable bonds is 5. The fourth-order valence-electron chi connectivity index (χ4n) is 3.71. The van der Waals surface area contributed by atoms with Crippen molar-refractivity contribution in [2.24, 2.45) is 0 Å². The van der Waals surface area contributed by atoms with E-state index in [1.54, 1.807) is 18.7 Å². The highest BCUT2D eigenvalue weighted by Gasteiger charge is 2.27. The molecule has 0 fully saturated rings. The molecule has 1 amide bonds. The molecule has 3 aromatic rings. The van der Waals surface area contributed by atoms with Crippen molar-refractivity contribution >= 4 is 17.7 Å². The third kappa shape index (κ3) is 3.97. The maximum Gasteiger partial charge on any atom is 0.254 e. The monoisotopic (exact) mass is 393 g/mol. The molecule has 1 atom stereocenters. The third-order valence-electron chi connectivity index (χ3n) is 5.16. The van der Waals surface area contributed by atoms with Crippen LogP contribution in [-0.2, 0) is 12.2 Å². The summed E-state index contributed by atoms with van der Waals surface area (Å²) in [5.41, 5.74) is 3.36. The molecule has 0 unspecified atom stereocenters. The van der Waals surface area contributed by atoms with Crippen LogP contribution in [0, 0.1) is 6.92 Å². The normalized spacial score (nSPS) is 15.9. The molecule has 0 aliphatic heterocycles. The molecule has 1 aromatic heterocycles. The summed E-state index contributed by atoms with van der Waals surface area (Å²) in [5, 5.41) is 3.80. The van der Waals surface area contributed by atoms with E-state index in [0.29, 0.717) is 23.0 Å². The van der Waals surface area contributed by atoms with Crippen LogP contribution in [0.5, 0.6) is 0 Å². The molecule has 2 aromatic carbocycles. The zero-order valence-corrected chi connectivity index (χ0v) is 16.9. The number of amides is 1. The fourth-order valence-corrected chi connectivity index (χ4v) is 4.45. The van der Waals surface area contributed by atoms with Gasteiger partial charge in [-0.1, -0.05) is 29.4 Å². The van der Waals surface area contributed by atoms with Crippen molar-refractivity contribution in [3.05, 3.63) is 76.9 Å². The van der Waals surface area contributed by atoms with Crippen molar-refractivity contribution in [1.29, 1.82) is 0 Å². The topological polar surface area (TPSA) is 59.2 Å². The SMILES string of the molecule is Cc1noc(CSc2ccc(C(=O)N(C)[C@H]3CCCc4ccccc43)cc2)n1. The zero-order chi connectivity index (χ0) is 19.5. The molecule has 1 heterocycles. The molecular weight excluding hydrogens is 370 g/mol. The van der Waals surface area contributed by atoms with Crippen LogP contribution in [0.15, 0.2) is 57.9 Å². The maximum atomic E-state index is 13.0. The van der Waals surface area contributed by atoms with Gasteiger partial charge < -0.3 is 9.42 Å². The van der Waals surface area contributed by atoms with E-state index in [4.69, 9.17) is 4.52 Å². The summed E-state index contributed by atoms with van der Waals surface area (Å²) >= 11 is 1.61. The molecule has 0 saturated carbocycles. The van der Waals surface area contributed by atoms with Gasteiger partial charge in [0.2, 0.25) is 5.89 Å². The van der Waals surface area contributed by atoms with Gasteiger partial charge in [-0.05, 0) is 61.6 Å². The quantitative estimate of drug-likeness (QED) is 0.582. The van der Waals surface area contributed by atoms with Crippen LogP contribution in [-0.4, -0.2) is 28.0 Å². The summed E-state index contributed by atoms with van der Waals surface area (Å²) in [5.74, 6) is 1.93. The zero-order valence-electron chi connectivity index (χ0n) is 16.1. The largest absolute Gasteiger partial charge is 0.338 e. The molecule has 0 bridgehead atoms. The molecule has 0 spiro atoms. The maximum absolute atomic E-state index is 13.0. The van der Waals surface area contributed by atoms with E-state index < -0.39 is 0 Å². The van der Waals surface area contributed by atoms with Crippen molar-refractivity contribution < 1.29 is 9.32 Å². The van der Waals surface area contributed by atoms with Crippen LogP contribution in [0.3, 0.4) is 0 Å². The van der Waals surface area contributed by atoms with Gasteiger partial charge in [-0.25, -0.2) is 0 Å². The first-order chi connectivity index (χ1) is 13.6. The number of fused-ring (bicyclic) bond motifs is 1. The number of hydrogen-bond donors (Lipinski definition) is 0. The van der Waals surface area contributed by atoms with Crippen LogP contribution in [0.4, 0.5) is 0 Å². The van der Waals surface area contributed by atoms with Gasteiger partial charge in [0.25, 0.3) is 5.91 Å². The summed E-state index contributed by atoms with van der Waals surface area (Å²) in [6.07, 6.45) is 3.22. The molecule has 1 aliphatic carbocycles. The Labute approximate surface area is 169 Å². The first-order valence-electron chi connectivity index (χ1n) is 9.49. The average molecular weight is 394 g/mol. The van der Waals surface area contributed by atoms with Gasteiger partial charge >= 0.3 is 0 Å². The lowest BCUT2D eigenvalue weighted by molar-refractivity contribution is 0.0715. The standard InChI is InChI=1S/C22H23N3O2S/c1-15-23-21(27-24-15)14-28-18-12-10-17(11-13-18)22(26)25(2)20-9-5-7-16-6-3-4-8-19(16)20/h3-4,6,8,10-13,20H,5,7,9,14H2,1-2H3/t20-/m0/s1. The number of aryl methyl sites for hydroxylation is 2. The van der Waals surface area contributed by atoms with Crippen LogP contribution in [0.2, 0.25) is 0 Å². The number of thioether (sulfide) groups is 1. The Kier molecular flexibility index (Phi) is 5.48. The lowest BCUT2D eigenvalue weighted by Crippen LogP contribution is -2.33. The summed E-state index contributed by atoms with van der Waals surface area (Å²) in [6.45, 7) is 1.80. The molecule has 1 aliphatic rings. The molecular formula is C22H23N3O2S. The van der Waals surface area contributed by atoms with Crippen molar-refractivity contribution in [3.63, 3.8) is 0 Å². The lowest BCUT2D eigenvalue weighted by atomic mass is 9.87. The fraction of sp³-hybridized carbons (Fsp3) is 0.318. The van der Waals surface area contributed by atoms with Gasteiger partial charge in [0.15, 0.2) is 5.82 Å². The number of hydrogen-bond acceptors (Lipinski definition) is 5. The lowest BCUT2D eigenvalue weighted by Gasteiger charge is -2.33. The van der Waals surface area contributed by atoms with E-state index in [2.05, 4.69) is 34.4 Å². The summed E-state index contributed by atoms with van der Waals surface area (Å²) < 4.78 is 5.13. The molecule has 5 nitrogen and oxygen atoms in total. The highest BCUT2D eigenvalue weighted by atomic mass is 32.2. The van der Waals surface area contributed by atoms with Crippen molar-refractivity contribution in [2.45, 2.75) is 42.9 Å². The predicted octanol–water partition coefficient (Wildman–Crippen LogP) is 4.82. The van der Waals surface area contributed by atoms with E-state index in [1.165, 1.54) is 11.1 Å². The average Bonchev–Trinajstić information content (AvgIpc) is 3.16. The number of benzene rings is 2. The van der Waals surface area contributed by atoms with Crippen LogP contribution in [0.25, 0.3) is 0 Å². The minimum atomic E-state index is 0.0609. The molecule has 0 N–H and O–H groups in total. The first kappa shape index (κ1) is 18.7. The van der Waals surface area contributed by atoms with Crippen molar-refractivity contribution in [3.8, 4) is 0 Å². The Morgan fingerprint density at radius 2 is 2.00 bits per heavy atom. The van der Waals surface area contributed by atoms with Gasteiger partial charge in [0.05, 0.1) is 11.8 Å². The Balaban J connectivity index is 1.43. The minimum Gasteiger partial charge on any atom is -0.338 e. The summed E-state index contributed by atoms with van der Waals surface area (Å²) in [4.78, 5) is 20.2. The Hall–Kier alpha value is -2.60. The number of carbonyl (C=O) groups is 1. The van der Waals surface area contributed by atoms with Crippen LogP contribution >= 0.6 is 11.8 Å². The van der Waals surface area contributed by atoms with E-state index in [0.717, 1.165) is 24.2 Å². The highest BCUT2D eigenvalue weighted by Crippen LogP contribution is 2.34. The minimum absolute atomic E-state index is 0.0609.